The molecule has 3 aromatic heterocycles. The number of methoxy groups -OCH3 is 1. The van der Waals surface area contributed by atoms with Crippen molar-refractivity contribution in [3.63, 3.8) is 0 Å². The smallest absolute Gasteiger partial charge is 0.345 e. The van der Waals surface area contributed by atoms with Crippen LogP contribution in [-0.2, 0) is 11.3 Å². The first-order valence-electron chi connectivity index (χ1n) is 16.3. The van der Waals surface area contributed by atoms with Gasteiger partial charge in [-0.25, -0.2) is 9.78 Å². The van der Waals surface area contributed by atoms with E-state index in [9.17, 15) is 9.90 Å². The van der Waals surface area contributed by atoms with Crippen LogP contribution in [0, 0.1) is 5.92 Å². The Bertz CT molecular complexity index is 1930. The molecule has 1 aromatic carbocycles. The van der Waals surface area contributed by atoms with Crippen molar-refractivity contribution in [3.8, 4) is 11.3 Å². The molecule has 0 spiro atoms. The van der Waals surface area contributed by atoms with E-state index in [-0.39, 0.29) is 0 Å². The molecule has 0 aliphatic heterocycles. The van der Waals surface area contributed by atoms with E-state index in [0.29, 0.717) is 23.3 Å². The van der Waals surface area contributed by atoms with Crippen molar-refractivity contribution in [1.82, 2.24) is 9.55 Å². The van der Waals surface area contributed by atoms with Gasteiger partial charge < -0.3 is 14.4 Å². The molecule has 1 unspecified atom stereocenters. The SMILES string of the molecule is COC1=C(c2ccc3cc(-c4c(C5CCCCC5)c5sc(C(=O)O)cc5n4CC4=CC=CCCC=C4)ccc3n2)C(C)CC=C1. The van der Waals surface area contributed by atoms with E-state index < -0.39 is 5.97 Å². The molecule has 3 aliphatic carbocycles. The van der Waals surface area contributed by atoms with E-state index in [1.807, 2.05) is 6.07 Å². The molecule has 0 bridgehead atoms. The van der Waals surface area contributed by atoms with Gasteiger partial charge in [-0.15, -0.1) is 11.3 Å². The molecule has 5 nitrogen and oxygen atoms in total. The van der Waals surface area contributed by atoms with Gasteiger partial charge in [-0.1, -0.05) is 74.8 Å². The fourth-order valence-electron chi connectivity index (χ4n) is 7.37. The van der Waals surface area contributed by atoms with Gasteiger partial charge in [0.1, 0.15) is 10.6 Å². The third-order valence-electron chi connectivity index (χ3n) is 9.59. The van der Waals surface area contributed by atoms with Crippen molar-refractivity contribution in [2.24, 2.45) is 5.92 Å². The van der Waals surface area contributed by atoms with Gasteiger partial charge in [-0.2, -0.15) is 0 Å². The number of hydrogen-bond acceptors (Lipinski definition) is 4. The summed E-state index contributed by atoms with van der Waals surface area (Å²) < 4.78 is 9.25. The number of aromatic carboxylic acids is 1. The second-order valence-electron chi connectivity index (χ2n) is 12.6. The molecule has 1 saturated carbocycles. The predicted octanol–water partition coefficient (Wildman–Crippen LogP) is 10.4. The summed E-state index contributed by atoms with van der Waals surface area (Å²) in [5.41, 5.74) is 9.04. The Kier molecular flexibility index (Phi) is 8.33. The van der Waals surface area contributed by atoms with Crippen molar-refractivity contribution >= 4 is 44.0 Å². The Balaban J connectivity index is 1.41. The maximum atomic E-state index is 12.2. The van der Waals surface area contributed by atoms with Crippen molar-refractivity contribution in [1.29, 1.82) is 0 Å². The summed E-state index contributed by atoms with van der Waals surface area (Å²) in [6.45, 7) is 2.91. The number of carbonyl (C=O) groups is 1. The number of nitrogens with zero attached hydrogens (tertiary/aromatic N) is 2. The standard InChI is InChI=1S/C39H40N2O3S/c1-25-12-11-17-33(44-2)35(25)31-21-18-28-22-29(19-20-30(28)40-31)37-36(27-15-9-6-10-16-27)38-32(23-34(45-38)39(42)43)41(37)24-26-13-7-4-3-5-8-14-26/h4,7-8,11,13-14,17-23,25,27H,3,5-6,9-10,12,15-16,24H2,1-2H3,(H,42,43). The summed E-state index contributed by atoms with van der Waals surface area (Å²) in [6.07, 6.45) is 24.3. The Morgan fingerprint density at radius 2 is 1.89 bits per heavy atom. The molecular formula is C39H40N2O3S. The molecule has 1 atom stereocenters. The Labute approximate surface area is 268 Å². The number of thiophene rings is 1. The van der Waals surface area contributed by atoms with Crippen molar-refractivity contribution in [3.05, 3.63) is 106 Å². The molecule has 6 heteroatoms. The van der Waals surface area contributed by atoms with Crippen LogP contribution in [0.3, 0.4) is 0 Å². The summed E-state index contributed by atoms with van der Waals surface area (Å²) in [7, 11) is 1.73. The lowest BCUT2D eigenvalue weighted by molar-refractivity contribution is 0.0702. The zero-order valence-corrected chi connectivity index (χ0v) is 26.9. The lowest BCUT2D eigenvalue weighted by Crippen LogP contribution is -2.09. The highest BCUT2D eigenvalue weighted by molar-refractivity contribution is 7.21. The molecule has 7 rings (SSSR count). The number of carboxylic acid groups (broad SMARTS) is 1. The summed E-state index contributed by atoms with van der Waals surface area (Å²) in [5, 5.41) is 11.1. The maximum Gasteiger partial charge on any atom is 0.345 e. The maximum absolute atomic E-state index is 12.2. The average Bonchev–Trinajstić information content (AvgIpc) is 3.60. The van der Waals surface area contributed by atoms with E-state index in [0.717, 1.165) is 75.8 Å². The highest BCUT2D eigenvalue weighted by Gasteiger charge is 2.29. The third kappa shape index (κ3) is 5.72. The van der Waals surface area contributed by atoms with Crippen LogP contribution in [0.1, 0.15) is 85.1 Å². The van der Waals surface area contributed by atoms with Crippen LogP contribution in [0.2, 0.25) is 0 Å². The number of benzene rings is 1. The number of pyridine rings is 1. The molecule has 1 fully saturated rings. The van der Waals surface area contributed by atoms with Crippen molar-refractivity contribution in [2.45, 2.75) is 70.8 Å². The number of rotatable bonds is 7. The van der Waals surface area contributed by atoms with Crippen LogP contribution in [0.15, 0.2) is 90.3 Å². The average molecular weight is 617 g/mol. The number of allylic oxidation sites excluding steroid dienone is 9. The van der Waals surface area contributed by atoms with Gasteiger partial charge in [0.2, 0.25) is 0 Å². The summed E-state index contributed by atoms with van der Waals surface area (Å²) >= 11 is 1.44. The van der Waals surface area contributed by atoms with E-state index >= 15 is 0 Å². The number of carboxylic acids is 1. The molecule has 1 N–H and O–H groups in total. The van der Waals surface area contributed by atoms with E-state index in [1.54, 1.807) is 7.11 Å². The van der Waals surface area contributed by atoms with Crippen LogP contribution >= 0.6 is 11.3 Å². The van der Waals surface area contributed by atoms with Crippen LogP contribution in [0.4, 0.5) is 0 Å². The zero-order chi connectivity index (χ0) is 30.9. The predicted molar refractivity (Wildman–Crippen MR) is 186 cm³/mol. The molecule has 0 amide bonds. The largest absolute Gasteiger partial charge is 0.496 e. The van der Waals surface area contributed by atoms with Gasteiger partial charge in [0.05, 0.1) is 34.2 Å². The lowest BCUT2D eigenvalue weighted by atomic mass is 9.83. The van der Waals surface area contributed by atoms with Crippen LogP contribution in [0.5, 0.6) is 0 Å². The van der Waals surface area contributed by atoms with Gasteiger partial charge in [0, 0.05) is 17.5 Å². The molecule has 0 radical (unpaired) electrons. The quantitative estimate of drug-likeness (QED) is 0.224. The summed E-state index contributed by atoms with van der Waals surface area (Å²) in [5.74, 6) is 0.788. The fraction of sp³-hybridized carbons (Fsp3) is 0.333. The lowest BCUT2D eigenvalue weighted by Gasteiger charge is -2.24. The molecule has 0 saturated heterocycles. The zero-order valence-electron chi connectivity index (χ0n) is 26.1. The second kappa shape index (κ2) is 12.7. The number of fused-ring (bicyclic) bond motifs is 2. The normalized spacial score (nSPS) is 19.2. The minimum Gasteiger partial charge on any atom is -0.496 e. The topological polar surface area (TPSA) is 64.3 Å². The van der Waals surface area contributed by atoms with Crippen LogP contribution in [0.25, 0.3) is 38.0 Å². The molecule has 3 aliphatic rings. The Morgan fingerprint density at radius 3 is 2.71 bits per heavy atom. The first kappa shape index (κ1) is 29.5. The number of ether oxygens (including phenoxy) is 1. The molecule has 230 valence electrons. The Hall–Kier alpha value is -4.16. The van der Waals surface area contributed by atoms with Crippen molar-refractivity contribution < 1.29 is 14.6 Å². The van der Waals surface area contributed by atoms with Gasteiger partial charge in [0.15, 0.2) is 0 Å². The summed E-state index contributed by atoms with van der Waals surface area (Å²) in [6, 6.07) is 12.9. The monoisotopic (exact) mass is 616 g/mol. The molecular weight excluding hydrogens is 577 g/mol. The van der Waals surface area contributed by atoms with E-state index in [2.05, 4.69) is 84.4 Å². The number of aromatic nitrogens is 2. The molecule has 4 aromatic rings. The van der Waals surface area contributed by atoms with Gasteiger partial charge >= 0.3 is 5.97 Å². The number of hydrogen-bond donors (Lipinski definition) is 1. The fourth-order valence-corrected chi connectivity index (χ4v) is 8.49. The molecule has 45 heavy (non-hydrogen) atoms. The third-order valence-corrected chi connectivity index (χ3v) is 10.7. The van der Waals surface area contributed by atoms with Crippen LogP contribution in [-0.4, -0.2) is 27.7 Å². The second-order valence-corrected chi connectivity index (χ2v) is 13.6. The molecule has 3 heterocycles. The van der Waals surface area contributed by atoms with Gasteiger partial charge in [0.25, 0.3) is 0 Å². The minimum atomic E-state index is -0.853. The highest BCUT2D eigenvalue weighted by atomic mass is 32.1. The van der Waals surface area contributed by atoms with Gasteiger partial charge in [-0.3, -0.25) is 0 Å². The summed E-state index contributed by atoms with van der Waals surface area (Å²) in [4.78, 5) is 17.7. The van der Waals surface area contributed by atoms with E-state index in [1.165, 1.54) is 47.4 Å². The van der Waals surface area contributed by atoms with Crippen molar-refractivity contribution in [2.75, 3.05) is 7.11 Å². The first-order chi connectivity index (χ1) is 22.0. The minimum absolute atomic E-state index is 0.339. The first-order valence-corrected chi connectivity index (χ1v) is 17.1. The van der Waals surface area contributed by atoms with Crippen LogP contribution < -0.4 is 0 Å². The van der Waals surface area contributed by atoms with E-state index in [4.69, 9.17) is 9.72 Å². The Morgan fingerprint density at radius 1 is 1.04 bits per heavy atom. The van der Waals surface area contributed by atoms with Gasteiger partial charge in [-0.05, 0) is 91.0 Å². The highest BCUT2D eigenvalue weighted by Crippen LogP contribution is 2.47.